The number of hydrogen-bond acceptors (Lipinski definition) is 5. The van der Waals surface area contributed by atoms with Gasteiger partial charge in [0.25, 0.3) is 11.8 Å². The second-order valence-corrected chi connectivity index (χ2v) is 10.3. The molecule has 2 aliphatic heterocycles. The molecule has 0 aliphatic carbocycles. The Hall–Kier alpha value is -3.72. The first-order valence-corrected chi connectivity index (χ1v) is 13.2. The zero-order valence-corrected chi connectivity index (χ0v) is 21.9. The summed E-state index contributed by atoms with van der Waals surface area (Å²) in [5, 5.41) is 4.53. The van der Waals surface area contributed by atoms with Crippen LogP contribution in [-0.4, -0.2) is 84.2 Å². The number of fused-ring (bicyclic) bond motifs is 12. The molecule has 0 saturated heterocycles. The minimum Gasteiger partial charge on any atom is -0.379 e. The van der Waals surface area contributed by atoms with Crippen molar-refractivity contribution in [2.24, 2.45) is 0 Å². The van der Waals surface area contributed by atoms with Gasteiger partial charge >= 0.3 is 0 Å². The van der Waals surface area contributed by atoms with E-state index in [0.717, 1.165) is 72.2 Å². The summed E-state index contributed by atoms with van der Waals surface area (Å²) in [6, 6.07) is 16.2. The second-order valence-electron chi connectivity index (χ2n) is 10.3. The molecule has 0 saturated carbocycles. The van der Waals surface area contributed by atoms with Gasteiger partial charge in [0.05, 0.1) is 24.4 Å². The van der Waals surface area contributed by atoms with Gasteiger partial charge in [-0.15, -0.1) is 0 Å². The third-order valence-corrected chi connectivity index (χ3v) is 7.73. The van der Waals surface area contributed by atoms with Crippen LogP contribution in [0.4, 0.5) is 0 Å². The maximum Gasteiger partial charge on any atom is 0.259 e. The highest BCUT2D eigenvalue weighted by Gasteiger charge is 2.35. The van der Waals surface area contributed by atoms with Crippen LogP contribution in [0.3, 0.4) is 0 Å². The Morgan fingerprint density at radius 1 is 0.632 bits per heavy atom. The van der Waals surface area contributed by atoms with E-state index in [1.165, 1.54) is 0 Å². The molecule has 2 aromatic heterocycles. The number of imide groups is 1. The standard InChI is InChI=1S/C30H33N5O3/c1-32-11-13-34-19-23(21-7-3-5-9-25(21)34)27-28(30(37)31-29(27)36)24-20-35(26-10-6-4-8-22(24)26)14-12-33(2)16-18-38-17-15-32/h3-10,19-20H,11-18H2,1-2H3,(H,31,36,37). The summed E-state index contributed by atoms with van der Waals surface area (Å²) < 4.78 is 10.3. The second kappa shape index (κ2) is 10.2. The van der Waals surface area contributed by atoms with E-state index in [0.29, 0.717) is 24.4 Å². The number of carbonyl (C=O) groups excluding carboxylic acids is 2. The van der Waals surface area contributed by atoms with Crippen LogP contribution in [0.2, 0.25) is 0 Å². The molecule has 1 N–H and O–H groups in total. The molecule has 0 unspecified atom stereocenters. The molecule has 2 aliphatic rings. The predicted octanol–water partition coefficient (Wildman–Crippen LogP) is 3.06. The van der Waals surface area contributed by atoms with E-state index in [2.05, 4.69) is 50.5 Å². The van der Waals surface area contributed by atoms with Crippen molar-refractivity contribution in [2.45, 2.75) is 13.1 Å². The topological polar surface area (TPSA) is 71.7 Å². The monoisotopic (exact) mass is 511 g/mol. The van der Waals surface area contributed by atoms with Gasteiger partial charge in [-0.2, -0.15) is 0 Å². The molecule has 0 fully saturated rings. The largest absolute Gasteiger partial charge is 0.379 e. The van der Waals surface area contributed by atoms with Crippen LogP contribution in [0.1, 0.15) is 11.1 Å². The number of amides is 2. The first-order chi connectivity index (χ1) is 18.5. The third-order valence-electron chi connectivity index (χ3n) is 7.73. The molecule has 8 nitrogen and oxygen atoms in total. The molecule has 4 bridgehead atoms. The first kappa shape index (κ1) is 24.6. The fourth-order valence-corrected chi connectivity index (χ4v) is 5.55. The molecule has 6 rings (SSSR count). The predicted molar refractivity (Wildman–Crippen MR) is 150 cm³/mol. The van der Waals surface area contributed by atoms with Crippen LogP contribution in [0.5, 0.6) is 0 Å². The minimum absolute atomic E-state index is 0.343. The first-order valence-electron chi connectivity index (χ1n) is 13.2. The number of hydrogen-bond donors (Lipinski definition) is 1. The zero-order valence-electron chi connectivity index (χ0n) is 21.9. The van der Waals surface area contributed by atoms with Gasteiger partial charge in [-0.3, -0.25) is 14.9 Å². The number of rotatable bonds is 0. The van der Waals surface area contributed by atoms with Crippen molar-refractivity contribution < 1.29 is 14.3 Å². The van der Waals surface area contributed by atoms with Crippen LogP contribution >= 0.6 is 0 Å². The van der Waals surface area contributed by atoms with Crippen LogP contribution in [0, 0.1) is 0 Å². The number of ether oxygens (including phenoxy) is 1. The smallest absolute Gasteiger partial charge is 0.259 e. The normalized spacial score (nSPS) is 18.9. The van der Waals surface area contributed by atoms with Crippen LogP contribution in [-0.2, 0) is 27.4 Å². The highest BCUT2D eigenvalue weighted by atomic mass is 16.5. The van der Waals surface area contributed by atoms with Crippen LogP contribution in [0.15, 0.2) is 60.9 Å². The van der Waals surface area contributed by atoms with Gasteiger partial charge in [-0.1, -0.05) is 36.4 Å². The summed E-state index contributed by atoms with van der Waals surface area (Å²) >= 11 is 0. The van der Waals surface area contributed by atoms with Crippen LogP contribution in [0.25, 0.3) is 33.0 Å². The lowest BCUT2D eigenvalue weighted by Gasteiger charge is -2.19. The Kier molecular flexibility index (Phi) is 6.61. The molecular weight excluding hydrogens is 478 g/mol. The third kappa shape index (κ3) is 4.45. The Morgan fingerprint density at radius 2 is 1.08 bits per heavy atom. The average Bonchev–Trinajstić information content (AvgIpc) is 3.56. The van der Waals surface area contributed by atoms with Gasteiger partial charge in [0.2, 0.25) is 0 Å². The van der Waals surface area contributed by atoms with E-state index in [-0.39, 0.29) is 11.8 Å². The lowest BCUT2D eigenvalue weighted by atomic mass is 9.95. The zero-order chi connectivity index (χ0) is 26.2. The SMILES string of the molecule is CN1CCOCCN(C)CCn2cc(c3ccccc32)C2=C(C(=O)NC2=O)c2cn(c3ccccc23)CC1. The molecule has 0 radical (unpaired) electrons. The van der Waals surface area contributed by atoms with Crippen molar-refractivity contribution in [2.75, 3.05) is 53.5 Å². The average molecular weight is 512 g/mol. The highest BCUT2D eigenvalue weighted by Crippen LogP contribution is 2.39. The van der Waals surface area contributed by atoms with Gasteiger partial charge in [-0.25, -0.2) is 0 Å². The fraction of sp³-hybridized carbons (Fsp3) is 0.333. The van der Waals surface area contributed by atoms with E-state index in [1.54, 1.807) is 0 Å². The molecule has 0 atom stereocenters. The lowest BCUT2D eigenvalue weighted by molar-refractivity contribution is -0.122. The van der Waals surface area contributed by atoms with Crippen molar-refractivity contribution >= 4 is 44.8 Å². The summed E-state index contributed by atoms with van der Waals surface area (Å²) in [6.45, 7) is 6.27. The van der Waals surface area contributed by atoms with Crippen molar-refractivity contribution in [3.63, 3.8) is 0 Å². The van der Waals surface area contributed by atoms with E-state index in [1.807, 2.05) is 48.8 Å². The van der Waals surface area contributed by atoms with E-state index >= 15 is 0 Å². The van der Waals surface area contributed by atoms with Crippen molar-refractivity contribution in [3.8, 4) is 0 Å². The molecule has 4 heterocycles. The van der Waals surface area contributed by atoms with Crippen molar-refractivity contribution in [1.82, 2.24) is 24.3 Å². The number of para-hydroxylation sites is 2. The summed E-state index contributed by atoms with van der Waals surface area (Å²) in [5.41, 5.74) is 4.57. The number of nitrogens with zero attached hydrogens (tertiary/aromatic N) is 4. The highest BCUT2D eigenvalue weighted by molar-refractivity contribution is 6.50. The van der Waals surface area contributed by atoms with E-state index < -0.39 is 0 Å². The van der Waals surface area contributed by atoms with Gasteiger partial charge in [0.15, 0.2) is 0 Å². The Labute approximate surface area is 222 Å². The number of carbonyl (C=O) groups is 2. The molecular formula is C30H33N5O3. The summed E-state index contributed by atoms with van der Waals surface area (Å²) in [4.78, 5) is 31.2. The molecule has 2 aromatic carbocycles. The number of nitrogens with one attached hydrogen (secondary N) is 1. The van der Waals surface area contributed by atoms with Gasteiger partial charge < -0.3 is 23.7 Å². The molecule has 38 heavy (non-hydrogen) atoms. The maximum absolute atomic E-state index is 13.3. The number of likely N-dealkylation sites (N-methyl/N-ethyl adjacent to an activating group) is 2. The molecule has 196 valence electrons. The van der Waals surface area contributed by atoms with Gasteiger partial charge in [-0.05, 0) is 26.2 Å². The molecule has 0 spiro atoms. The molecule has 8 heteroatoms. The van der Waals surface area contributed by atoms with E-state index in [4.69, 9.17) is 4.74 Å². The van der Waals surface area contributed by atoms with E-state index in [9.17, 15) is 9.59 Å². The van der Waals surface area contributed by atoms with Crippen molar-refractivity contribution in [3.05, 3.63) is 72.1 Å². The Bertz CT molecular complexity index is 1450. The summed E-state index contributed by atoms with van der Waals surface area (Å²) in [7, 11) is 4.20. The number of benzene rings is 2. The Balaban J connectivity index is 1.55. The number of aromatic nitrogens is 2. The Morgan fingerprint density at radius 3 is 1.55 bits per heavy atom. The lowest BCUT2D eigenvalue weighted by Crippen LogP contribution is -2.29. The fourth-order valence-electron chi connectivity index (χ4n) is 5.55. The van der Waals surface area contributed by atoms with Gasteiger partial charge in [0.1, 0.15) is 0 Å². The summed E-state index contributed by atoms with van der Waals surface area (Å²) in [6.07, 6.45) is 4.07. The molecule has 4 aromatic rings. The van der Waals surface area contributed by atoms with Crippen LogP contribution < -0.4 is 5.32 Å². The summed E-state index contributed by atoms with van der Waals surface area (Å²) in [5.74, 6) is -0.686. The molecule has 2 amide bonds. The maximum atomic E-state index is 13.3. The van der Waals surface area contributed by atoms with Gasteiger partial charge in [0, 0.05) is 84.6 Å². The minimum atomic E-state index is -0.343. The quantitative estimate of drug-likeness (QED) is 0.368. The van der Waals surface area contributed by atoms with Crippen molar-refractivity contribution in [1.29, 1.82) is 0 Å².